The Kier molecular flexibility index (Phi) is 3.03. The van der Waals surface area contributed by atoms with Crippen molar-refractivity contribution in [2.75, 3.05) is 0 Å². The number of benzene rings is 1. The Morgan fingerprint density at radius 1 is 1.50 bits per heavy atom. The summed E-state index contributed by atoms with van der Waals surface area (Å²) in [7, 11) is 0. The maximum absolute atomic E-state index is 8.55. The van der Waals surface area contributed by atoms with E-state index in [9.17, 15) is 0 Å². The summed E-state index contributed by atoms with van der Waals surface area (Å²) in [5.41, 5.74) is 1.57. The topological polar surface area (TPSA) is 33.0 Å². The maximum Gasteiger partial charge on any atom is 0.154 e. The molecule has 0 aliphatic carbocycles. The first-order valence-electron chi connectivity index (χ1n) is 3.07. The zero-order valence-electron chi connectivity index (χ0n) is 5.95. The van der Waals surface area contributed by atoms with Crippen LogP contribution >= 0.6 is 23.8 Å². The number of rotatable bonds is 2. The van der Waals surface area contributed by atoms with Crippen LogP contribution in [0.2, 0.25) is 5.02 Å². The van der Waals surface area contributed by atoms with E-state index in [-0.39, 0.29) is 0 Å². The minimum Gasteiger partial charge on any atom is -0.454 e. The van der Waals surface area contributed by atoms with E-state index in [0.717, 1.165) is 5.55 Å². The number of ether oxygens (including phenoxy) is 1. The largest absolute Gasteiger partial charge is 0.454 e. The second-order valence-electron chi connectivity index (χ2n) is 2.00. The second-order valence-corrected chi connectivity index (χ2v) is 2.63. The molecule has 1 aromatic rings. The normalized spacial score (nSPS) is 8.67. The van der Waals surface area contributed by atoms with Gasteiger partial charge in [-0.2, -0.15) is 5.26 Å². The molecule has 1 aromatic carbocycles. The van der Waals surface area contributed by atoms with E-state index in [0.29, 0.717) is 16.3 Å². The Morgan fingerprint density at radius 3 is 2.83 bits per heavy atom. The van der Waals surface area contributed by atoms with Crippen LogP contribution in [0.5, 0.6) is 5.75 Å². The zero-order valence-corrected chi connectivity index (χ0v) is 7.52. The Labute approximate surface area is 80.3 Å². The molecule has 12 heavy (non-hydrogen) atoms. The van der Waals surface area contributed by atoms with E-state index in [4.69, 9.17) is 21.6 Å². The summed E-state index contributed by atoms with van der Waals surface area (Å²) in [6.45, 7) is 0. The highest BCUT2D eigenvalue weighted by Gasteiger charge is 1.98. The molecule has 0 aliphatic heterocycles. The van der Waals surface area contributed by atoms with Crippen molar-refractivity contribution in [3.63, 3.8) is 0 Å². The average Bonchev–Trinajstić information content (AvgIpc) is 2.04. The van der Waals surface area contributed by atoms with Gasteiger partial charge in [-0.15, -0.1) is 0 Å². The number of hydrogen-bond acceptors (Lipinski definition) is 3. The minimum atomic E-state index is 0.453. The molecule has 1 rings (SSSR count). The van der Waals surface area contributed by atoms with E-state index in [1.165, 1.54) is 0 Å². The highest BCUT2D eigenvalue weighted by Crippen LogP contribution is 2.19. The number of thiocarbonyl (C=S) groups is 1. The van der Waals surface area contributed by atoms with Gasteiger partial charge in [-0.05, 0) is 30.4 Å². The molecule has 60 valence electrons. The molecule has 0 unspecified atom stereocenters. The van der Waals surface area contributed by atoms with Crippen LogP contribution in [0.1, 0.15) is 5.56 Å². The van der Waals surface area contributed by atoms with Crippen LogP contribution in [0.15, 0.2) is 18.2 Å². The Balaban J connectivity index is 3.07. The number of halogens is 1. The second kappa shape index (κ2) is 4.05. The molecule has 0 aliphatic rings. The van der Waals surface area contributed by atoms with Crippen LogP contribution in [0.4, 0.5) is 0 Å². The van der Waals surface area contributed by atoms with Gasteiger partial charge in [-0.25, -0.2) is 0 Å². The maximum atomic E-state index is 8.55. The average molecular weight is 198 g/mol. The molecule has 0 fully saturated rings. The monoisotopic (exact) mass is 197 g/mol. The molecule has 0 amide bonds. The van der Waals surface area contributed by atoms with Crippen molar-refractivity contribution in [2.45, 2.75) is 0 Å². The fraction of sp³-hybridized carbons (Fsp3) is 0. The van der Waals surface area contributed by atoms with Crippen LogP contribution in [0.25, 0.3) is 0 Å². The summed E-state index contributed by atoms with van der Waals surface area (Å²) < 4.78 is 4.88. The fourth-order valence-electron chi connectivity index (χ4n) is 0.751. The van der Waals surface area contributed by atoms with E-state index in [1.807, 2.05) is 6.07 Å². The molecule has 0 N–H and O–H groups in total. The van der Waals surface area contributed by atoms with Crippen LogP contribution in [0.3, 0.4) is 0 Å². The Hall–Kier alpha value is -1.11. The van der Waals surface area contributed by atoms with Gasteiger partial charge in [-0.1, -0.05) is 11.6 Å². The lowest BCUT2D eigenvalue weighted by Gasteiger charge is -1.99. The predicted molar refractivity (Wildman–Crippen MR) is 50.5 cm³/mol. The van der Waals surface area contributed by atoms with Gasteiger partial charge < -0.3 is 4.74 Å². The first kappa shape index (κ1) is 8.98. The van der Waals surface area contributed by atoms with Crippen LogP contribution in [0, 0.1) is 11.3 Å². The fourth-order valence-corrected chi connectivity index (χ4v) is 1.09. The summed E-state index contributed by atoms with van der Waals surface area (Å²) >= 11 is 10.2. The Bertz CT molecular complexity index is 345. The van der Waals surface area contributed by atoms with E-state index in [2.05, 4.69) is 12.2 Å². The lowest BCUT2D eigenvalue weighted by Crippen LogP contribution is -1.87. The van der Waals surface area contributed by atoms with Crippen LogP contribution in [-0.2, 0) is 0 Å². The van der Waals surface area contributed by atoms with Gasteiger partial charge in [0.1, 0.15) is 5.75 Å². The first-order valence-corrected chi connectivity index (χ1v) is 3.92. The summed E-state index contributed by atoms with van der Waals surface area (Å²) in [5, 5.41) is 9.01. The third-order valence-electron chi connectivity index (χ3n) is 1.18. The summed E-state index contributed by atoms with van der Waals surface area (Å²) in [6, 6.07) is 6.66. The van der Waals surface area contributed by atoms with Crippen molar-refractivity contribution in [3.8, 4) is 11.8 Å². The molecule has 0 bridgehead atoms. The SMILES string of the molecule is N#Cc1cc(Cl)cc(OC=S)c1. The molecule has 4 heteroatoms. The predicted octanol–water partition coefficient (Wildman–Crippen LogP) is 2.55. The highest BCUT2D eigenvalue weighted by molar-refractivity contribution is 7.78. The third-order valence-corrected chi connectivity index (χ3v) is 1.50. The van der Waals surface area contributed by atoms with Gasteiger partial charge in [-0.3, -0.25) is 0 Å². The van der Waals surface area contributed by atoms with E-state index >= 15 is 0 Å². The first-order chi connectivity index (χ1) is 5.76. The van der Waals surface area contributed by atoms with E-state index < -0.39 is 0 Å². The van der Waals surface area contributed by atoms with Gasteiger partial charge in [0, 0.05) is 5.02 Å². The minimum absolute atomic E-state index is 0.453. The molecule has 0 atom stereocenters. The van der Waals surface area contributed by atoms with Crippen molar-refractivity contribution >= 4 is 29.4 Å². The van der Waals surface area contributed by atoms with Gasteiger partial charge in [0.05, 0.1) is 11.6 Å². The molecule has 0 saturated carbocycles. The molecule has 0 radical (unpaired) electrons. The van der Waals surface area contributed by atoms with Gasteiger partial charge in [0.25, 0.3) is 0 Å². The summed E-state index contributed by atoms with van der Waals surface area (Å²) in [5.74, 6) is 0.481. The van der Waals surface area contributed by atoms with Crippen molar-refractivity contribution in [2.24, 2.45) is 0 Å². The Morgan fingerprint density at radius 2 is 2.25 bits per heavy atom. The third kappa shape index (κ3) is 2.19. The van der Waals surface area contributed by atoms with Gasteiger partial charge in [0.2, 0.25) is 0 Å². The number of hydrogen-bond donors (Lipinski definition) is 0. The number of nitrogens with zero attached hydrogens (tertiary/aromatic N) is 1. The van der Waals surface area contributed by atoms with Crippen molar-refractivity contribution in [1.82, 2.24) is 0 Å². The van der Waals surface area contributed by atoms with Crippen molar-refractivity contribution in [1.29, 1.82) is 5.26 Å². The molecule has 0 spiro atoms. The molecule has 0 saturated heterocycles. The summed E-state index contributed by atoms with van der Waals surface area (Å²) in [4.78, 5) is 0. The highest BCUT2D eigenvalue weighted by atomic mass is 35.5. The van der Waals surface area contributed by atoms with Crippen LogP contribution < -0.4 is 4.74 Å². The van der Waals surface area contributed by atoms with E-state index in [1.54, 1.807) is 18.2 Å². The standard InChI is InChI=1S/C8H4ClNOS/c9-7-1-6(4-10)2-8(3-7)11-5-12/h1-3,5H. The smallest absolute Gasteiger partial charge is 0.154 e. The zero-order chi connectivity index (χ0) is 8.97. The number of nitriles is 1. The lowest BCUT2D eigenvalue weighted by molar-refractivity contribution is 0.586. The van der Waals surface area contributed by atoms with Gasteiger partial charge >= 0.3 is 0 Å². The quantitative estimate of drug-likeness (QED) is 0.684. The molecule has 2 nitrogen and oxygen atoms in total. The summed E-state index contributed by atoms with van der Waals surface area (Å²) in [6.07, 6.45) is 0. The molecule has 0 heterocycles. The van der Waals surface area contributed by atoms with Crippen molar-refractivity contribution in [3.05, 3.63) is 28.8 Å². The lowest BCUT2D eigenvalue weighted by atomic mass is 10.2. The molecule has 0 aromatic heterocycles. The van der Waals surface area contributed by atoms with Crippen molar-refractivity contribution < 1.29 is 4.74 Å². The molecular formula is C8H4ClNOS. The molecular weight excluding hydrogens is 194 g/mol. The van der Waals surface area contributed by atoms with Gasteiger partial charge in [0.15, 0.2) is 5.55 Å². The van der Waals surface area contributed by atoms with Crippen LogP contribution in [-0.4, -0.2) is 5.55 Å².